The van der Waals surface area contributed by atoms with E-state index in [1.54, 1.807) is 6.92 Å². The zero-order chi connectivity index (χ0) is 14.0. The third-order valence-corrected chi connectivity index (χ3v) is 3.59. The third-order valence-electron chi connectivity index (χ3n) is 2.90. The van der Waals surface area contributed by atoms with E-state index < -0.39 is 6.04 Å². The first-order valence-corrected chi connectivity index (χ1v) is 6.93. The molecule has 3 N–H and O–H groups in total. The Hall–Kier alpha value is -1.27. The summed E-state index contributed by atoms with van der Waals surface area (Å²) in [5.74, 6) is 1.23. The number of benzene rings is 1. The highest BCUT2D eigenvalue weighted by Gasteiger charge is 2.19. The van der Waals surface area contributed by atoms with E-state index in [4.69, 9.17) is 15.2 Å². The second-order valence-corrected chi connectivity index (χ2v) is 5.39. The second kappa shape index (κ2) is 5.79. The molecule has 2 atom stereocenters. The number of fused-ring (bicyclic) bond motifs is 1. The van der Waals surface area contributed by atoms with Gasteiger partial charge < -0.3 is 20.5 Å². The summed E-state index contributed by atoms with van der Waals surface area (Å²) in [6.07, 6.45) is 0. The van der Waals surface area contributed by atoms with E-state index in [-0.39, 0.29) is 11.9 Å². The Morgan fingerprint density at radius 2 is 1.89 bits per heavy atom. The minimum Gasteiger partial charge on any atom is -0.486 e. The van der Waals surface area contributed by atoms with E-state index >= 15 is 0 Å². The molecule has 0 aliphatic carbocycles. The molecule has 1 aromatic carbocycles. The fourth-order valence-electron chi connectivity index (χ4n) is 1.83. The molecule has 0 fully saturated rings. The average Bonchev–Trinajstić information content (AvgIpc) is 2.37. The Balaban J connectivity index is 2.22. The summed E-state index contributed by atoms with van der Waals surface area (Å²) in [5, 5.41) is 2.85. The molecule has 1 amide bonds. The van der Waals surface area contributed by atoms with Gasteiger partial charge in [-0.3, -0.25) is 4.79 Å². The van der Waals surface area contributed by atoms with Crippen LogP contribution in [0.15, 0.2) is 16.6 Å². The summed E-state index contributed by atoms with van der Waals surface area (Å²) < 4.78 is 11.9. The molecular formula is C13H17BrN2O3. The van der Waals surface area contributed by atoms with E-state index in [2.05, 4.69) is 21.2 Å². The van der Waals surface area contributed by atoms with E-state index in [0.29, 0.717) is 24.7 Å². The Morgan fingerprint density at radius 3 is 2.47 bits per heavy atom. The van der Waals surface area contributed by atoms with Crippen molar-refractivity contribution in [1.29, 1.82) is 0 Å². The van der Waals surface area contributed by atoms with Crippen LogP contribution in [0, 0.1) is 0 Å². The first kappa shape index (κ1) is 14.1. The van der Waals surface area contributed by atoms with Crippen LogP contribution < -0.4 is 20.5 Å². The highest BCUT2D eigenvalue weighted by Crippen LogP contribution is 2.37. The standard InChI is InChI=1S/C13H17BrN2O3/c1-7(15)13(17)16-8(2)9-5-11-12(6-10(9)14)19-4-3-18-11/h5-8H,3-4,15H2,1-2H3,(H,16,17)/t7-,8?/m1/s1. The molecule has 19 heavy (non-hydrogen) atoms. The molecule has 0 saturated carbocycles. The van der Waals surface area contributed by atoms with Crippen molar-refractivity contribution >= 4 is 21.8 Å². The summed E-state index contributed by atoms with van der Waals surface area (Å²) in [5.41, 5.74) is 6.47. The number of nitrogens with one attached hydrogen (secondary N) is 1. The molecule has 0 bridgehead atoms. The molecule has 1 heterocycles. The summed E-state index contributed by atoms with van der Waals surface area (Å²) >= 11 is 3.48. The van der Waals surface area contributed by atoms with E-state index in [1.165, 1.54) is 0 Å². The van der Waals surface area contributed by atoms with Crippen LogP contribution in [0.3, 0.4) is 0 Å². The maximum atomic E-state index is 11.6. The van der Waals surface area contributed by atoms with Crippen molar-refractivity contribution < 1.29 is 14.3 Å². The van der Waals surface area contributed by atoms with Crippen molar-refractivity contribution in [3.8, 4) is 11.5 Å². The average molecular weight is 329 g/mol. The van der Waals surface area contributed by atoms with Gasteiger partial charge in [0.05, 0.1) is 12.1 Å². The summed E-state index contributed by atoms with van der Waals surface area (Å²) in [4.78, 5) is 11.6. The summed E-state index contributed by atoms with van der Waals surface area (Å²) in [6.45, 7) is 4.64. The van der Waals surface area contributed by atoms with Gasteiger partial charge in [0.1, 0.15) is 13.2 Å². The second-order valence-electron chi connectivity index (χ2n) is 4.54. The van der Waals surface area contributed by atoms with Crippen molar-refractivity contribution in [3.05, 3.63) is 22.2 Å². The molecule has 1 unspecified atom stereocenters. The van der Waals surface area contributed by atoms with Crippen LogP contribution in [-0.2, 0) is 4.79 Å². The number of ether oxygens (including phenoxy) is 2. The van der Waals surface area contributed by atoms with E-state index in [9.17, 15) is 4.79 Å². The lowest BCUT2D eigenvalue weighted by molar-refractivity contribution is -0.122. The predicted octanol–water partition coefficient (Wildman–Crippen LogP) is 1.74. The van der Waals surface area contributed by atoms with Crippen LogP contribution >= 0.6 is 15.9 Å². The fraction of sp³-hybridized carbons (Fsp3) is 0.462. The van der Waals surface area contributed by atoms with Gasteiger partial charge in [0.15, 0.2) is 11.5 Å². The molecule has 5 nitrogen and oxygen atoms in total. The molecule has 1 aromatic rings. The zero-order valence-corrected chi connectivity index (χ0v) is 12.5. The van der Waals surface area contributed by atoms with Crippen LogP contribution in [0.1, 0.15) is 25.5 Å². The van der Waals surface area contributed by atoms with Crippen LogP contribution in [0.2, 0.25) is 0 Å². The molecule has 0 spiro atoms. The number of halogens is 1. The molecule has 6 heteroatoms. The smallest absolute Gasteiger partial charge is 0.237 e. The van der Waals surface area contributed by atoms with Crippen molar-refractivity contribution in [2.24, 2.45) is 5.73 Å². The highest BCUT2D eigenvalue weighted by atomic mass is 79.9. The minimum atomic E-state index is -0.529. The largest absolute Gasteiger partial charge is 0.486 e. The predicted molar refractivity (Wildman–Crippen MR) is 75.3 cm³/mol. The van der Waals surface area contributed by atoms with Crippen LogP contribution in [-0.4, -0.2) is 25.2 Å². The Bertz CT molecular complexity index is 491. The van der Waals surface area contributed by atoms with Gasteiger partial charge in [0.25, 0.3) is 0 Å². The van der Waals surface area contributed by atoms with Crippen molar-refractivity contribution in [1.82, 2.24) is 5.32 Å². The van der Waals surface area contributed by atoms with Crippen LogP contribution in [0.25, 0.3) is 0 Å². The Kier molecular flexibility index (Phi) is 4.31. The van der Waals surface area contributed by atoms with Crippen molar-refractivity contribution in [3.63, 3.8) is 0 Å². The molecule has 104 valence electrons. The SMILES string of the molecule is CC(NC(=O)[C@@H](C)N)c1cc2c(cc1Br)OCCO2. The molecule has 0 aromatic heterocycles. The van der Waals surface area contributed by atoms with Gasteiger partial charge in [0, 0.05) is 4.47 Å². The van der Waals surface area contributed by atoms with Gasteiger partial charge in [-0.25, -0.2) is 0 Å². The lowest BCUT2D eigenvalue weighted by atomic mass is 10.1. The van der Waals surface area contributed by atoms with Crippen molar-refractivity contribution in [2.45, 2.75) is 25.9 Å². The molecule has 0 radical (unpaired) electrons. The molecule has 1 aliphatic heterocycles. The third kappa shape index (κ3) is 3.19. The van der Waals surface area contributed by atoms with Gasteiger partial charge >= 0.3 is 0 Å². The highest BCUT2D eigenvalue weighted by molar-refractivity contribution is 9.10. The maximum absolute atomic E-state index is 11.6. The number of rotatable bonds is 3. The minimum absolute atomic E-state index is 0.163. The lowest BCUT2D eigenvalue weighted by Crippen LogP contribution is -2.39. The Labute approximate surface area is 120 Å². The van der Waals surface area contributed by atoms with Gasteiger partial charge in [0.2, 0.25) is 5.91 Å². The summed E-state index contributed by atoms with van der Waals surface area (Å²) in [6, 6.07) is 3.05. The number of carbonyl (C=O) groups excluding carboxylic acids is 1. The number of hydrogen-bond donors (Lipinski definition) is 2. The molecule has 2 rings (SSSR count). The molecular weight excluding hydrogens is 312 g/mol. The quantitative estimate of drug-likeness (QED) is 0.886. The van der Waals surface area contributed by atoms with Crippen molar-refractivity contribution in [2.75, 3.05) is 13.2 Å². The van der Waals surface area contributed by atoms with E-state index in [0.717, 1.165) is 10.0 Å². The maximum Gasteiger partial charge on any atom is 0.237 e. The first-order valence-electron chi connectivity index (χ1n) is 6.14. The van der Waals surface area contributed by atoms with E-state index in [1.807, 2.05) is 19.1 Å². The fourth-order valence-corrected chi connectivity index (χ4v) is 2.50. The van der Waals surface area contributed by atoms with Crippen LogP contribution in [0.4, 0.5) is 0 Å². The zero-order valence-electron chi connectivity index (χ0n) is 10.9. The topological polar surface area (TPSA) is 73.6 Å². The Morgan fingerprint density at radius 1 is 1.32 bits per heavy atom. The van der Waals surface area contributed by atoms with Crippen LogP contribution in [0.5, 0.6) is 11.5 Å². The summed E-state index contributed by atoms with van der Waals surface area (Å²) in [7, 11) is 0. The molecule has 1 aliphatic rings. The first-order chi connectivity index (χ1) is 8.99. The number of amides is 1. The van der Waals surface area contributed by atoms with Gasteiger partial charge in [-0.15, -0.1) is 0 Å². The monoisotopic (exact) mass is 328 g/mol. The number of carbonyl (C=O) groups is 1. The molecule has 0 saturated heterocycles. The lowest BCUT2D eigenvalue weighted by Gasteiger charge is -2.22. The van der Waals surface area contributed by atoms with Gasteiger partial charge in [-0.05, 0) is 31.5 Å². The van der Waals surface area contributed by atoms with Gasteiger partial charge in [-0.2, -0.15) is 0 Å². The normalized spacial score (nSPS) is 16.6. The van der Waals surface area contributed by atoms with Gasteiger partial charge in [-0.1, -0.05) is 15.9 Å². The number of hydrogen-bond acceptors (Lipinski definition) is 4. The number of nitrogens with two attached hydrogens (primary N) is 1.